The summed E-state index contributed by atoms with van der Waals surface area (Å²) in [6.07, 6.45) is 0.891. The number of halogens is 1. The number of rotatable bonds is 7. The highest BCUT2D eigenvalue weighted by Gasteiger charge is 2.21. The van der Waals surface area contributed by atoms with Gasteiger partial charge in [0.25, 0.3) is 0 Å². The number of nitrogens with one attached hydrogen (secondary N) is 1. The zero-order valence-electron chi connectivity index (χ0n) is 14.2. The van der Waals surface area contributed by atoms with Gasteiger partial charge in [-0.2, -0.15) is 0 Å². The molecule has 126 valence electrons. The van der Waals surface area contributed by atoms with Crippen LogP contribution in [-0.2, 0) is 4.79 Å². The Bertz CT molecular complexity index is 459. The summed E-state index contributed by atoms with van der Waals surface area (Å²) in [5, 5.41) is 2.92. The van der Waals surface area contributed by atoms with E-state index in [9.17, 15) is 4.79 Å². The van der Waals surface area contributed by atoms with Crippen molar-refractivity contribution in [3.05, 3.63) is 29.3 Å². The number of carbonyl (C=O) groups is 1. The predicted octanol–water partition coefficient (Wildman–Crippen LogP) is 2.98. The highest BCUT2D eigenvalue weighted by atomic mass is 35.5. The summed E-state index contributed by atoms with van der Waals surface area (Å²) in [7, 11) is 0. The SMILES string of the molecule is CCC(C)C(N)C(=O)NC(C)COc1c(C)cccc1C.Cl. The molecule has 3 unspecified atom stereocenters. The predicted molar refractivity (Wildman–Crippen MR) is 93.7 cm³/mol. The number of para-hydroxylation sites is 1. The summed E-state index contributed by atoms with van der Waals surface area (Å²) in [6.45, 7) is 10.4. The van der Waals surface area contributed by atoms with Gasteiger partial charge in [-0.1, -0.05) is 38.5 Å². The van der Waals surface area contributed by atoms with E-state index in [1.807, 2.05) is 52.8 Å². The molecule has 4 nitrogen and oxygen atoms in total. The van der Waals surface area contributed by atoms with Crippen molar-refractivity contribution in [2.45, 2.75) is 53.1 Å². The van der Waals surface area contributed by atoms with Gasteiger partial charge in [0, 0.05) is 0 Å². The van der Waals surface area contributed by atoms with Crippen molar-refractivity contribution in [2.24, 2.45) is 11.7 Å². The number of aryl methyl sites for hydroxylation is 2. The molecule has 3 atom stereocenters. The van der Waals surface area contributed by atoms with Crippen molar-refractivity contribution < 1.29 is 9.53 Å². The fourth-order valence-electron chi connectivity index (χ4n) is 2.13. The average Bonchev–Trinajstić information content (AvgIpc) is 2.44. The molecule has 0 aliphatic heterocycles. The number of amides is 1. The smallest absolute Gasteiger partial charge is 0.237 e. The maximum absolute atomic E-state index is 12.0. The lowest BCUT2D eigenvalue weighted by Crippen LogP contribution is -2.48. The third-order valence-corrected chi connectivity index (χ3v) is 3.83. The first kappa shape index (κ1) is 20.7. The number of nitrogens with two attached hydrogens (primary N) is 1. The molecule has 22 heavy (non-hydrogen) atoms. The van der Waals surface area contributed by atoms with E-state index in [0.29, 0.717) is 6.61 Å². The van der Waals surface area contributed by atoms with Crippen molar-refractivity contribution in [1.29, 1.82) is 0 Å². The molecule has 1 amide bonds. The average molecular weight is 329 g/mol. The number of carbonyl (C=O) groups excluding carboxylic acids is 1. The van der Waals surface area contributed by atoms with Gasteiger partial charge in [-0.05, 0) is 37.8 Å². The van der Waals surface area contributed by atoms with Crippen LogP contribution in [0.1, 0.15) is 38.3 Å². The van der Waals surface area contributed by atoms with Gasteiger partial charge in [-0.25, -0.2) is 0 Å². The molecule has 5 heteroatoms. The Balaban J connectivity index is 0.00000441. The van der Waals surface area contributed by atoms with Crippen LogP contribution in [0.5, 0.6) is 5.75 Å². The third-order valence-electron chi connectivity index (χ3n) is 3.83. The molecule has 0 aromatic heterocycles. The summed E-state index contributed by atoms with van der Waals surface area (Å²) in [6, 6.07) is 5.51. The Hall–Kier alpha value is -1.26. The standard InChI is InChI=1S/C17H28N2O2.ClH/c1-6-11(2)15(18)17(20)19-14(5)10-21-16-12(3)8-7-9-13(16)4;/h7-9,11,14-15H,6,10,18H2,1-5H3,(H,19,20);1H. The van der Waals surface area contributed by atoms with E-state index in [2.05, 4.69) is 5.32 Å². The number of benzene rings is 1. The fraction of sp³-hybridized carbons (Fsp3) is 0.588. The van der Waals surface area contributed by atoms with Gasteiger partial charge in [-0.15, -0.1) is 12.4 Å². The van der Waals surface area contributed by atoms with E-state index in [0.717, 1.165) is 23.3 Å². The van der Waals surface area contributed by atoms with Crippen molar-refractivity contribution in [3.8, 4) is 5.75 Å². The van der Waals surface area contributed by atoms with Crippen LogP contribution in [0.2, 0.25) is 0 Å². The Morgan fingerprint density at radius 1 is 1.27 bits per heavy atom. The molecule has 1 aromatic rings. The van der Waals surface area contributed by atoms with Gasteiger partial charge in [-0.3, -0.25) is 4.79 Å². The van der Waals surface area contributed by atoms with E-state index in [1.165, 1.54) is 0 Å². The summed E-state index contributed by atoms with van der Waals surface area (Å²) in [4.78, 5) is 12.0. The molecule has 0 aliphatic rings. The first-order valence-electron chi connectivity index (χ1n) is 7.61. The Labute approximate surface area is 140 Å². The molecule has 0 radical (unpaired) electrons. The molecular weight excluding hydrogens is 300 g/mol. The number of ether oxygens (including phenoxy) is 1. The summed E-state index contributed by atoms with van der Waals surface area (Å²) >= 11 is 0. The van der Waals surface area contributed by atoms with Crippen LogP contribution in [-0.4, -0.2) is 24.6 Å². The van der Waals surface area contributed by atoms with Crippen LogP contribution in [0.4, 0.5) is 0 Å². The molecule has 0 fully saturated rings. The first-order valence-corrected chi connectivity index (χ1v) is 7.61. The van der Waals surface area contributed by atoms with Gasteiger partial charge in [0.2, 0.25) is 5.91 Å². The van der Waals surface area contributed by atoms with E-state index in [-0.39, 0.29) is 30.3 Å². The molecule has 0 aliphatic carbocycles. The van der Waals surface area contributed by atoms with Crippen LogP contribution in [0.3, 0.4) is 0 Å². The molecule has 1 rings (SSSR count). The quantitative estimate of drug-likeness (QED) is 0.808. The molecule has 0 saturated carbocycles. The lowest BCUT2D eigenvalue weighted by atomic mass is 9.99. The zero-order chi connectivity index (χ0) is 16.0. The minimum atomic E-state index is -0.461. The summed E-state index contributed by atoms with van der Waals surface area (Å²) in [5.41, 5.74) is 8.13. The molecule has 0 heterocycles. The molecular formula is C17H29ClN2O2. The first-order chi connectivity index (χ1) is 9.86. The van der Waals surface area contributed by atoms with E-state index in [1.54, 1.807) is 0 Å². The maximum atomic E-state index is 12.0. The Morgan fingerprint density at radius 3 is 2.32 bits per heavy atom. The minimum absolute atomic E-state index is 0. The second kappa shape index (κ2) is 9.70. The number of hydrogen-bond acceptors (Lipinski definition) is 3. The van der Waals surface area contributed by atoms with Crippen molar-refractivity contribution in [2.75, 3.05) is 6.61 Å². The van der Waals surface area contributed by atoms with Gasteiger partial charge < -0.3 is 15.8 Å². The topological polar surface area (TPSA) is 64.4 Å². The lowest BCUT2D eigenvalue weighted by Gasteiger charge is -2.22. The van der Waals surface area contributed by atoms with E-state index >= 15 is 0 Å². The second-order valence-electron chi connectivity index (χ2n) is 5.85. The van der Waals surface area contributed by atoms with E-state index in [4.69, 9.17) is 10.5 Å². The number of hydrogen-bond donors (Lipinski definition) is 2. The highest BCUT2D eigenvalue weighted by molar-refractivity contribution is 5.85. The van der Waals surface area contributed by atoms with Crippen molar-refractivity contribution in [3.63, 3.8) is 0 Å². The third kappa shape index (κ3) is 5.85. The Kier molecular flexibility index (Phi) is 9.14. The van der Waals surface area contributed by atoms with Crippen LogP contribution >= 0.6 is 12.4 Å². The molecule has 0 saturated heterocycles. The van der Waals surface area contributed by atoms with Crippen molar-refractivity contribution in [1.82, 2.24) is 5.32 Å². The molecule has 3 N–H and O–H groups in total. The highest BCUT2D eigenvalue weighted by Crippen LogP contribution is 2.22. The monoisotopic (exact) mass is 328 g/mol. The minimum Gasteiger partial charge on any atom is -0.491 e. The van der Waals surface area contributed by atoms with E-state index < -0.39 is 6.04 Å². The normalized spacial score (nSPS) is 14.5. The van der Waals surface area contributed by atoms with Crippen LogP contribution in [0.15, 0.2) is 18.2 Å². The van der Waals surface area contributed by atoms with Crippen LogP contribution < -0.4 is 15.8 Å². The van der Waals surface area contributed by atoms with Crippen molar-refractivity contribution >= 4 is 18.3 Å². The molecule has 0 spiro atoms. The van der Waals surface area contributed by atoms with Gasteiger partial charge >= 0.3 is 0 Å². The lowest BCUT2D eigenvalue weighted by molar-refractivity contribution is -0.124. The van der Waals surface area contributed by atoms with Gasteiger partial charge in [0.15, 0.2) is 0 Å². The Morgan fingerprint density at radius 2 is 1.82 bits per heavy atom. The largest absolute Gasteiger partial charge is 0.491 e. The summed E-state index contributed by atoms with van der Waals surface area (Å²) < 4.78 is 5.84. The maximum Gasteiger partial charge on any atom is 0.237 e. The molecule has 1 aromatic carbocycles. The zero-order valence-corrected chi connectivity index (χ0v) is 15.0. The summed E-state index contributed by atoms with van der Waals surface area (Å²) in [5.74, 6) is 0.962. The van der Waals surface area contributed by atoms with Gasteiger partial charge in [0.05, 0.1) is 12.1 Å². The molecule has 0 bridgehead atoms. The second-order valence-corrected chi connectivity index (χ2v) is 5.85. The van der Waals surface area contributed by atoms with Gasteiger partial charge in [0.1, 0.15) is 12.4 Å². The fourth-order valence-corrected chi connectivity index (χ4v) is 2.13. The van der Waals surface area contributed by atoms with Crippen LogP contribution in [0, 0.1) is 19.8 Å². The van der Waals surface area contributed by atoms with Crippen LogP contribution in [0.25, 0.3) is 0 Å².